The number of hydrogen-bond donors (Lipinski definition) is 0. The van der Waals surface area contributed by atoms with Crippen molar-refractivity contribution in [3.8, 4) is 11.6 Å². The summed E-state index contributed by atoms with van der Waals surface area (Å²) in [6, 6.07) is 3.25. The van der Waals surface area contributed by atoms with Crippen LogP contribution in [0.2, 0.25) is 0 Å². The first-order chi connectivity index (χ1) is 5.29. The van der Waals surface area contributed by atoms with Crippen molar-refractivity contribution in [1.29, 1.82) is 0 Å². The molecule has 60 valence electrons. The maximum atomic E-state index is 10.9. The first-order valence-corrected chi connectivity index (χ1v) is 3.09. The van der Waals surface area contributed by atoms with Crippen LogP contribution in [-0.4, -0.2) is 14.2 Å². The number of rotatable bonds is 2. The summed E-state index contributed by atoms with van der Waals surface area (Å²) in [4.78, 5) is 0. The van der Waals surface area contributed by atoms with Crippen molar-refractivity contribution in [1.82, 2.24) is 0 Å². The summed E-state index contributed by atoms with van der Waals surface area (Å²) in [5.41, 5.74) is 0. The molecule has 0 unspecified atom stereocenters. The van der Waals surface area contributed by atoms with Gasteiger partial charge in [-0.15, -0.1) is 4.73 Å². The van der Waals surface area contributed by atoms with Gasteiger partial charge in [0, 0.05) is 6.07 Å². The first-order valence-electron chi connectivity index (χ1n) is 3.09. The first kappa shape index (κ1) is 7.65. The van der Waals surface area contributed by atoms with Crippen LogP contribution < -0.4 is 14.2 Å². The normalized spacial score (nSPS) is 9.27. The van der Waals surface area contributed by atoms with Gasteiger partial charge in [-0.3, -0.25) is 0 Å². The Kier molecular flexibility index (Phi) is 2.15. The average Bonchev–Trinajstić information content (AvgIpc) is 2.04. The minimum absolute atomic E-state index is 0.176. The van der Waals surface area contributed by atoms with E-state index in [4.69, 9.17) is 9.47 Å². The van der Waals surface area contributed by atoms with E-state index in [1.54, 1.807) is 12.1 Å². The molecule has 0 spiro atoms. The molecule has 0 fully saturated rings. The summed E-state index contributed by atoms with van der Waals surface area (Å²) in [6.07, 6.45) is 1.35. The third-order valence-corrected chi connectivity index (χ3v) is 1.29. The molecule has 11 heavy (non-hydrogen) atoms. The van der Waals surface area contributed by atoms with Gasteiger partial charge in [-0.05, 0) is 6.07 Å². The van der Waals surface area contributed by atoms with Crippen LogP contribution in [0, 0.1) is 5.21 Å². The van der Waals surface area contributed by atoms with E-state index in [0.29, 0.717) is 10.5 Å². The topological polar surface area (TPSA) is 45.4 Å². The van der Waals surface area contributed by atoms with Crippen LogP contribution in [0.3, 0.4) is 0 Å². The molecule has 0 radical (unpaired) electrons. The fourth-order valence-corrected chi connectivity index (χ4v) is 0.802. The smallest absolute Gasteiger partial charge is 0.422 e. The van der Waals surface area contributed by atoms with E-state index in [-0.39, 0.29) is 5.88 Å². The van der Waals surface area contributed by atoms with Crippen molar-refractivity contribution in [2.45, 2.75) is 0 Å². The molecule has 4 nitrogen and oxygen atoms in total. The van der Waals surface area contributed by atoms with Gasteiger partial charge in [-0.1, -0.05) is 0 Å². The largest absolute Gasteiger partial charge is 0.616 e. The predicted molar refractivity (Wildman–Crippen MR) is 38.5 cm³/mol. The molecule has 0 N–H and O–H groups in total. The van der Waals surface area contributed by atoms with Crippen LogP contribution >= 0.6 is 0 Å². The quantitative estimate of drug-likeness (QED) is 0.457. The fraction of sp³-hybridized carbons (Fsp3) is 0.286. The highest BCUT2D eigenvalue weighted by Crippen LogP contribution is 2.19. The molecule has 0 saturated carbocycles. The highest BCUT2D eigenvalue weighted by molar-refractivity contribution is 5.28. The second-order valence-electron chi connectivity index (χ2n) is 1.91. The zero-order chi connectivity index (χ0) is 8.27. The Hall–Kier alpha value is -1.45. The molecule has 0 aliphatic rings. The van der Waals surface area contributed by atoms with E-state index in [9.17, 15) is 5.21 Å². The molecule has 0 aliphatic carbocycles. The number of hydrogen-bond acceptors (Lipinski definition) is 3. The van der Waals surface area contributed by atoms with Gasteiger partial charge in [0.2, 0.25) is 5.75 Å². The summed E-state index contributed by atoms with van der Waals surface area (Å²) in [5.74, 6) is 0.611. The van der Waals surface area contributed by atoms with Gasteiger partial charge in [0.15, 0.2) is 6.20 Å². The summed E-state index contributed by atoms with van der Waals surface area (Å²) in [5, 5.41) is 10.9. The second-order valence-corrected chi connectivity index (χ2v) is 1.91. The molecule has 4 heteroatoms. The van der Waals surface area contributed by atoms with E-state index in [0.717, 1.165) is 0 Å². The molecule has 1 aromatic heterocycles. The lowest BCUT2D eigenvalue weighted by atomic mass is 10.4. The predicted octanol–water partition coefficient (Wildman–Crippen LogP) is 0.337. The van der Waals surface area contributed by atoms with Crippen LogP contribution in [0.4, 0.5) is 0 Å². The molecule has 0 aliphatic heterocycles. The average molecular weight is 155 g/mol. The van der Waals surface area contributed by atoms with Crippen molar-refractivity contribution < 1.29 is 14.2 Å². The molecule has 1 rings (SSSR count). The number of methoxy groups -OCH3 is 2. The van der Waals surface area contributed by atoms with E-state index < -0.39 is 0 Å². The zero-order valence-corrected chi connectivity index (χ0v) is 6.40. The highest BCUT2D eigenvalue weighted by atomic mass is 16.6. The van der Waals surface area contributed by atoms with E-state index in [2.05, 4.69) is 0 Å². The van der Waals surface area contributed by atoms with Gasteiger partial charge in [0.25, 0.3) is 0 Å². The summed E-state index contributed by atoms with van der Waals surface area (Å²) in [6.45, 7) is 0. The lowest BCUT2D eigenvalue weighted by Gasteiger charge is -2.05. The van der Waals surface area contributed by atoms with Crippen LogP contribution in [0.15, 0.2) is 18.3 Å². The van der Waals surface area contributed by atoms with Gasteiger partial charge in [0.05, 0.1) is 14.2 Å². The van der Waals surface area contributed by atoms with Crippen LogP contribution in [-0.2, 0) is 0 Å². The van der Waals surface area contributed by atoms with Crippen molar-refractivity contribution in [3.63, 3.8) is 0 Å². The molecule has 0 aromatic carbocycles. The number of aromatic nitrogens is 1. The Balaban J connectivity index is 3.13. The molecule has 0 atom stereocenters. The van der Waals surface area contributed by atoms with Crippen molar-refractivity contribution in [3.05, 3.63) is 23.5 Å². The van der Waals surface area contributed by atoms with Crippen molar-refractivity contribution in [2.24, 2.45) is 0 Å². The minimum Gasteiger partial charge on any atom is -0.616 e. The zero-order valence-electron chi connectivity index (χ0n) is 6.40. The molecule has 0 saturated heterocycles. The third-order valence-electron chi connectivity index (χ3n) is 1.29. The van der Waals surface area contributed by atoms with Crippen LogP contribution in [0.25, 0.3) is 0 Å². The Bertz CT molecular complexity index is 249. The Morgan fingerprint density at radius 2 is 2.09 bits per heavy atom. The Labute approximate surface area is 64.6 Å². The third kappa shape index (κ3) is 1.34. The molecular weight excluding hydrogens is 146 g/mol. The van der Waals surface area contributed by atoms with E-state index in [1.807, 2.05) is 0 Å². The van der Waals surface area contributed by atoms with E-state index >= 15 is 0 Å². The standard InChI is InChI=1S/C7H9NO3/c1-10-6-4-3-5-8(9)7(6)11-2/h3-5H,1-2H3. The molecule has 1 aromatic rings. The van der Waals surface area contributed by atoms with Gasteiger partial charge in [-0.25, -0.2) is 0 Å². The summed E-state index contributed by atoms with van der Waals surface area (Å²) < 4.78 is 10.3. The molecule has 0 amide bonds. The Morgan fingerprint density at radius 3 is 2.55 bits per heavy atom. The van der Waals surface area contributed by atoms with Gasteiger partial charge < -0.3 is 14.7 Å². The van der Waals surface area contributed by atoms with E-state index in [1.165, 1.54) is 20.4 Å². The SMILES string of the molecule is COc1ccc[n+]([O-])c1OC. The van der Waals surface area contributed by atoms with Crippen LogP contribution in [0.1, 0.15) is 0 Å². The Morgan fingerprint density at radius 1 is 1.36 bits per heavy atom. The number of pyridine rings is 1. The monoisotopic (exact) mass is 155 g/mol. The maximum Gasteiger partial charge on any atom is 0.422 e. The lowest BCUT2D eigenvalue weighted by molar-refractivity contribution is -0.612. The molecular formula is C7H9NO3. The molecule has 0 bridgehead atoms. The summed E-state index contributed by atoms with van der Waals surface area (Å²) in [7, 11) is 2.91. The maximum absolute atomic E-state index is 10.9. The van der Waals surface area contributed by atoms with Crippen LogP contribution in [0.5, 0.6) is 11.6 Å². The lowest BCUT2D eigenvalue weighted by Crippen LogP contribution is -2.27. The second kappa shape index (κ2) is 3.09. The number of nitrogens with zero attached hydrogens (tertiary/aromatic N) is 1. The van der Waals surface area contributed by atoms with Gasteiger partial charge >= 0.3 is 5.88 Å². The molecule has 1 heterocycles. The minimum atomic E-state index is 0.176. The highest BCUT2D eigenvalue weighted by Gasteiger charge is 2.11. The van der Waals surface area contributed by atoms with Gasteiger partial charge in [-0.2, -0.15) is 0 Å². The van der Waals surface area contributed by atoms with Crippen molar-refractivity contribution in [2.75, 3.05) is 14.2 Å². The number of ether oxygens (including phenoxy) is 2. The van der Waals surface area contributed by atoms with Crippen molar-refractivity contribution >= 4 is 0 Å². The fourth-order valence-electron chi connectivity index (χ4n) is 0.802. The van der Waals surface area contributed by atoms with Gasteiger partial charge in [0.1, 0.15) is 0 Å². The summed E-state index contributed by atoms with van der Waals surface area (Å²) >= 11 is 0.